The first-order valence-electron chi connectivity index (χ1n) is 8.03. The molecule has 2 atom stereocenters. The maximum Gasteiger partial charge on any atom is 0.0396 e. The van der Waals surface area contributed by atoms with Gasteiger partial charge in [-0.25, -0.2) is 0 Å². The van der Waals surface area contributed by atoms with Gasteiger partial charge in [0.1, 0.15) is 0 Å². The molecule has 1 aromatic rings. The van der Waals surface area contributed by atoms with Gasteiger partial charge in [-0.15, -0.1) is 0 Å². The maximum absolute atomic E-state index is 3.64. The molecule has 1 fully saturated rings. The topological polar surface area (TPSA) is 15.3 Å². The molecule has 0 radical (unpaired) electrons. The van der Waals surface area contributed by atoms with Crippen molar-refractivity contribution in [2.75, 3.05) is 25.0 Å². The Bertz CT molecular complexity index is 487. The van der Waals surface area contributed by atoms with Gasteiger partial charge in [-0.2, -0.15) is 0 Å². The number of nitrogens with one attached hydrogen (secondary N) is 1. The number of hydrogen-bond donors (Lipinski definition) is 1. The van der Waals surface area contributed by atoms with Crippen molar-refractivity contribution < 1.29 is 0 Å². The average Bonchev–Trinajstić information content (AvgIpc) is 3.15. The van der Waals surface area contributed by atoms with Crippen LogP contribution in [0.3, 0.4) is 0 Å². The first kappa shape index (κ1) is 13.9. The Hall–Kier alpha value is -1.02. The highest BCUT2D eigenvalue weighted by atomic mass is 15.1. The van der Waals surface area contributed by atoms with Gasteiger partial charge in [-0.05, 0) is 75.6 Å². The third-order valence-corrected chi connectivity index (χ3v) is 4.70. The van der Waals surface area contributed by atoms with Gasteiger partial charge in [0.15, 0.2) is 0 Å². The minimum Gasteiger partial charge on any atom is -0.374 e. The van der Waals surface area contributed by atoms with Crippen LogP contribution in [0, 0.1) is 5.92 Å². The van der Waals surface area contributed by atoms with Crippen LogP contribution in [0.2, 0.25) is 0 Å². The highest BCUT2D eigenvalue weighted by Crippen LogP contribution is 2.48. The molecule has 1 saturated carbocycles. The van der Waals surface area contributed by atoms with Crippen LogP contribution in [0.4, 0.5) is 5.69 Å². The van der Waals surface area contributed by atoms with Crippen LogP contribution in [-0.4, -0.2) is 25.7 Å². The predicted molar refractivity (Wildman–Crippen MR) is 86.6 cm³/mol. The van der Waals surface area contributed by atoms with Gasteiger partial charge in [0.25, 0.3) is 0 Å². The van der Waals surface area contributed by atoms with E-state index in [1.165, 1.54) is 31.5 Å². The van der Waals surface area contributed by atoms with Gasteiger partial charge >= 0.3 is 0 Å². The number of anilines is 1. The number of aryl methyl sites for hydroxylation is 1. The number of hydrogen-bond acceptors (Lipinski definition) is 2. The van der Waals surface area contributed by atoms with Crippen molar-refractivity contribution in [3.8, 4) is 0 Å². The zero-order valence-corrected chi connectivity index (χ0v) is 13.4. The van der Waals surface area contributed by atoms with E-state index in [1.807, 2.05) is 0 Å². The molecule has 0 saturated heterocycles. The van der Waals surface area contributed by atoms with Crippen molar-refractivity contribution in [3.05, 3.63) is 29.3 Å². The van der Waals surface area contributed by atoms with E-state index in [0.717, 1.165) is 18.4 Å². The van der Waals surface area contributed by atoms with E-state index in [-0.39, 0.29) is 5.54 Å². The van der Waals surface area contributed by atoms with Crippen LogP contribution in [0.5, 0.6) is 0 Å². The smallest absolute Gasteiger partial charge is 0.0396 e. The Labute approximate surface area is 123 Å². The normalized spacial score (nSPS) is 25.5. The van der Waals surface area contributed by atoms with Crippen LogP contribution in [-0.2, 0) is 6.42 Å². The lowest BCUT2D eigenvalue weighted by molar-refractivity contribution is 0.414. The van der Waals surface area contributed by atoms with Gasteiger partial charge < -0.3 is 10.2 Å². The second-order valence-electron chi connectivity index (χ2n) is 7.65. The molecule has 1 heterocycles. The molecule has 0 bridgehead atoms. The number of fused-ring (bicyclic) bond motifs is 1. The van der Waals surface area contributed by atoms with Crippen molar-refractivity contribution in [2.45, 2.75) is 51.5 Å². The monoisotopic (exact) mass is 272 g/mol. The molecule has 1 aromatic carbocycles. The summed E-state index contributed by atoms with van der Waals surface area (Å²) in [6.45, 7) is 9.11. The van der Waals surface area contributed by atoms with E-state index in [9.17, 15) is 0 Å². The van der Waals surface area contributed by atoms with E-state index >= 15 is 0 Å². The molecule has 0 aromatic heterocycles. The summed E-state index contributed by atoms with van der Waals surface area (Å²) in [5, 5.41) is 3.64. The first-order chi connectivity index (χ1) is 9.44. The number of nitrogens with zero attached hydrogens (tertiary/aromatic N) is 1. The second-order valence-corrected chi connectivity index (χ2v) is 7.65. The molecule has 110 valence electrons. The third-order valence-electron chi connectivity index (χ3n) is 4.70. The standard InChI is InChI=1S/C18H28N2/c1-18(2,3)19-12-15-11-16(15)13-7-8-17-14(10-13)6-5-9-20(17)4/h7-8,10,15-16,19H,5-6,9,11-12H2,1-4H3. The number of benzene rings is 1. The van der Waals surface area contributed by atoms with Gasteiger partial charge in [0, 0.05) is 24.8 Å². The van der Waals surface area contributed by atoms with E-state index in [1.54, 1.807) is 11.1 Å². The molecule has 0 spiro atoms. The zero-order chi connectivity index (χ0) is 14.3. The molecule has 2 unspecified atom stereocenters. The van der Waals surface area contributed by atoms with Crippen LogP contribution in [0.15, 0.2) is 18.2 Å². The summed E-state index contributed by atoms with van der Waals surface area (Å²) in [5.41, 5.74) is 4.82. The minimum atomic E-state index is 0.242. The van der Waals surface area contributed by atoms with Crippen molar-refractivity contribution >= 4 is 5.69 Å². The first-order valence-corrected chi connectivity index (χ1v) is 8.03. The molecule has 1 N–H and O–H groups in total. The summed E-state index contributed by atoms with van der Waals surface area (Å²) < 4.78 is 0. The number of rotatable bonds is 3. The average molecular weight is 272 g/mol. The summed E-state index contributed by atoms with van der Waals surface area (Å²) in [6, 6.07) is 7.19. The Morgan fingerprint density at radius 3 is 2.85 bits per heavy atom. The van der Waals surface area contributed by atoms with Crippen molar-refractivity contribution in [1.29, 1.82) is 0 Å². The molecule has 0 amide bonds. The van der Waals surface area contributed by atoms with Crippen LogP contribution >= 0.6 is 0 Å². The molecule has 3 rings (SSSR count). The second kappa shape index (κ2) is 5.07. The summed E-state index contributed by atoms with van der Waals surface area (Å²) in [6.07, 6.45) is 3.91. The summed E-state index contributed by atoms with van der Waals surface area (Å²) >= 11 is 0. The lowest BCUT2D eigenvalue weighted by Crippen LogP contribution is -2.37. The third kappa shape index (κ3) is 3.01. The van der Waals surface area contributed by atoms with Gasteiger partial charge in [0.05, 0.1) is 0 Å². The van der Waals surface area contributed by atoms with Gasteiger partial charge in [-0.1, -0.05) is 12.1 Å². The fourth-order valence-electron chi connectivity index (χ4n) is 3.35. The van der Waals surface area contributed by atoms with Gasteiger partial charge in [-0.3, -0.25) is 0 Å². The lowest BCUT2D eigenvalue weighted by atomic mass is 9.97. The SMILES string of the molecule is CN1CCCc2cc(C3CC3CNC(C)(C)C)ccc21. The van der Waals surface area contributed by atoms with Crippen LogP contribution in [0.1, 0.15) is 50.7 Å². The van der Waals surface area contributed by atoms with E-state index in [0.29, 0.717) is 0 Å². The molecule has 20 heavy (non-hydrogen) atoms. The highest BCUT2D eigenvalue weighted by Gasteiger charge is 2.38. The molecule has 1 aliphatic carbocycles. The van der Waals surface area contributed by atoms with E-state index < -0.39 is 0 Å². The summed E-state index contributed by atoms with van der Waals surface area (Å²) in [5.74, 6) is 1.64. The Balaban J connectivity index is 1.65. The summed E-state index contributed by atoms with van der Waals surface area (Å²) in [7, 11) is 2.21. The van der Waals surface area contributed by atoms with Crippen LogP contribution < -0.4 is 10.2 Å². The molecule has 2 heteroatoms. The Morgan fingerprint density at radius 2 is 2.10 bits per heavy atom. The maximum atomic E-state index is 3.64. The molecule has 2 aliphatic rings. The van der Waals surface area contributed by atoms with Crippen LogP contribution in [0.25, 0.3) is 0 Å². The summed E-state index contributed by atoms with van der Waals surface area (Å²) in [4.78, 5) is 2.40. The molecule has 2 nitrogen and oxygen atoms in total. The molecule has 1 aliphatic heterocycles. The van der Waals surface area contributed by atoms with E-state index in [2.05, 4.69) is 56.2 Å². The predicted octanol–water partition coefficient (Wildman–Crippen LogP) is 3.56. The fourth-order valence-corrected chi connectivity index (χ4v) is 3.35. The molecular formula is C18H28N2. The van der Waals surface area contributed by atoms with E-state index in [4.69, 9.17) is 0 Å². The lowest BCUT2D eigenvalue weighted by Gasteiger charge is -2.28. The van der Waals surface area contributed by atoms with Crippen molar-refractivity contribution in [3.63, 3.8) is 0 Å². The van der Waals surface area contributed by atoms with Crippen molar-refractivity contribution in [1.82, 2.24) is 5.32 Å². The largest absolute Gasteiger partial charge is 0.374 e. The quantitative estimate of drug-likeness (QED) is 0.905. The Morgan fingerprint density at radius 1 is 1.30 bits per heavy atom. The van der Waals surface area contributed by atoms with Crippen molar-refractivity contribution in [2.24, 2.45) is 5.92 Å². The highest BCUT2D eigenvalue weighted by molar-refractivity contribution is 5.57. The fraction of sp³-hybridized carbons (Fsp3) is 0.667. The minimum absolute atomic E-state index is 0.242. The Kier molecular flexibility index (Phi) is 3.53. The zero-order valence-electron chi connectivity index (χ0n) is 13.4. The van der Waals surface area contributed by atoms with Gasteiger partial charge in [0.2, 0.25) is 0 Å². The molecular weight excluding hydrogens is 244 g/mol.